The maximum absolute atomic E-state index is 12.0. The van der Waals surface area contributed by atoms with Gasteiger partial charge < -0.3 is 14.7 Å². The lowest BCUT2D eigenvalue weighted by molar-refractivity contribution is 0.00718. The van der Waals surface area contributed by atoms with Crippen molar-refractivity contribution in [2.24, 2.45) is 11.8 Å². The molecule has 0 aromatic carbocycles. The first kappa shape index (κ1) is 12.4. The van der Waals surface area contributed by atoms with Gasteiger partial charge >= 0.3 is 6.09 Å². The van der Waals surface area contributed by atoms with E-state index in [0.29, 0.717) is 12.5 Å². The van der Waals surface area contributed by atoms with Crippen LogP contribution in [0.1, 0.15) is 27.2 Å². The van der Waals surface area contributed by atoms with E-state index in [2.05, 4.69) is 6.58 Å². The Balaban J connectivity index is 1.98. The number of carbonyl (C=O) groups excluding carboxylic acids is 1. The molecule has 3 rings (SSSR count). The molecule has 1 aliphatic carbocycles. The molecule has 1 N–H and O–H groups in total. The molecule has 96 valence electrons. The Labute approximate surface area is 102 Å². The number of nitrogens with zero attached hydrogens (tertiary/aromatic N) is 1. The molecule has 1 saturated carbocycles. The van der Waals surface area contributed by atoms with Crippen molar-refractivity contribution >= 4 is 6.09 Å². The highest BCUT2D eigenvalue weighted by Gasteiger charge is 2.56. The van der Waals surface area contributed by atoms with E-state index >= 15 is 0 Å². The summed E-state index contributed by atoms with van der Waals surface area (Å²) in [7, 11) is 0. The molecule has 2 aliphatic heterocycles. The number of rotatable bonds is 2. The first-order chi connectivity index (χ1) is 7.83. The molecule has 4 nitrogen and oxygen atoms in total. The Morgan fingerprint density at radius 2 is 2.24 bits per heavy atom. The molecule has 0 aromatic heterocycles. The summed E-state index contributed by atoms with van der Waals surface area (Å²) in [6, 6.07) is 0.128. The number of fused-ring (bicyclic) bond motifs is 1. The third kappa shape index (κ3) is 2.18. The highest BCUT2D eigenvalue weighted by molar-refractivity contribution is 5.69. The third-order valence-electron chi connectivity index (χ3n) is 3.63. The van der Waals surface area contributed by atoms with E-state index < -0.39 is 11.7 Å². The zero-order valence-electron chi connectivity index (χ0n) is 10.7. The van der Waals surface area contributed by atoms with E-state index in [1.807, 2.05) is 20.8 Å². The summed E-state index contributed by atoms with van der Waals surface area (Å²) in [6.45, 7) is 9.90. The van der Waals surface area contributed by atoms with Gasteiger partial charge in [-0.3, -0.25) is 0 Å². The summed E-state index contributed by atoms with van der Waals surface area (Å²) in [5.74, 6) is 0.556. The largest absolute Gasteiger partial charge is 0.444 e. The van der Waals surface area contributed by atoms with Crippen LogP contribution in [-0.2, 0) is 4.74 Å². The van der Waals surface area contributed by atoms with Crippen LogP contribution in [-0.4, -0.2) is 40.4 Å². The topological polar surface area (TPSA) is 49.8 Å². The monoisotopic (exact) mass is 239 g/mol. The van der Waals surface area contributed by atoms with Gasteiger partial charge in [0.15, 0.2) is 0 Å². The fourth-order valence-electron chi connectivity index (χ4n) is 2.86. The maximum atomic E-state index is 12.0. The van der Waals surface area contributed by atoms with E-state index in [4.69, 9.17) is 4.74 Å². The molecule has 2 bridgehead atoms. The zero-order chi connectivity index (χ0) is 12.8. The van der Waals surface area contributed by atoms with Crippen LogP contribution in [0.25, 0.3) is 0 Å². The van der Waals surface area contributed by atoms with Crippen LogP contribution in [0, 0.1) is 11.8 Å². The van der Waals surface area contributed by atoms with Crippen LogP contribution < -0.4 is 0 Å². The van der Waals surface area contributed by atoms with Crippen LogP contribution >= 0.6 is 0 Å². The summed E-state index contributed by atoms with van der Waals surface area (Å²) < 4.78 is 5.36. The molecule has 2 heterocycles. The lowest BCUT2D eigenvalue weighted by Crippen LogP contribution is -2.47. The summed E-state index contributed by atoms with van der Waals surface area (Å²) in [5.41, 5.74) is -0.462. The highest BCUT2D eigenvalue weighted by atomic mass is 16.6. The Kier molecular flexibility index (Phi) is 2.94. The van der Waals surface area contributed by atoms with Crippen LogP contribution in [0.15, 0.2) is 12.7 Å². The van der Waals surface area contributed by atoms with Gasteiger partial charge in [-0.1, -0.05) is 6.08 Å². The minimum Gasteiger partial charge on any atom is -0.444 e. The van der Waals surface area contributed by atoms with Crippen molar-refractivity contribution in [1.82, 2.24) is 4.90 Å². The number of aliphatic hydroxyl groups is 1. The van der Waals surface area contributed by atoms with Gasteiger partial charge in [0.25, 0.3) is 0 Å². The normalized spacial score (nSPS) is 32.9. The van der Waals surface area contributed by atoms with Crippen molar-refractivity contribution in [3.8, 4) is 0 Å². The number of ether oxygens (including phenoxy) is 1. The number of carbonyl (C=O) groups is 1. The molecule has 1 amide bonds. The number of hydrogen-bond donors (Lipinski definition) is 1. The third-order valence-corrected chi connectivity index (χ3v) is 3.63. The Morgan fingerprint density at radius 3 is 2.76 bits per heavy atom. The molecular formula is C13H21NO3. The number of hydrogen-bond acceptors (Lipinski definition) is 3. The Hall–Kier alpha value is -1.03. The molecule has 0 radical (unpaired) electrons. The lowest BCUT2D eigenvalue weighted by Gasteiger charge is -2.38. The molecule has 0 aromatic rings. The molecule has 0 spiro atoms. The first-order valence-electron chi connectivity index (χ1n) is 6.13. The second-order valence-corrected chi connectivity index (χ2v) is 6.00. The molecule has 3 fully saturated rings. The standard InChI is InChI=1S/C13H21NO3/c1-5-10(15)11-8-6-9(11)14(7-8)12(16)17-13(2,3)4/h5,8-11,15H,1,6-7H2,2-4H3/t8-,9-,10?,11?/m0/s1. The van der Waals surface area contributed by atoms with Gasteiger partial charge in [0.05, 0.1) is 6.10 Å². The van der Waals surface area contributed by atoms with E-state index in [1.165, 1.54) is 0 Å². The van der Waals surface area contributed by atoms with Crippen LogP contribution in [0.4, 0.5) is 4.79 Å². The number of amides is 1. The van der Waals surface area contributed by atoms with Gasteiger partial charge in [-0.25, -0.2) is 4.79 Å². The Bertz CT molecular complexity index is 334. The minimum atomic E-state index is -0.508. The molecule has 17 heavy (non-hydrogen) atoms. The van der Waals surface area contributed by atoms with Crippen molar-refractivity contribution in [1.29, 1.82) is 0 Å². The van der Waals surface area contributed by atoms with Crippen LogP contribution in [0.5, 0.6) is 0 Å². The zero-order valence-corrected chi connectivity index (χ0v) is 10.7. The van der Waals surface area contributed by atoms with Crippen molar-refractivity contribution in [2.75, 3.05) is 6.54 Å². The van der Waals surface area contributed by atoms with Gasteiger partial charge in [-0.05, 0) is 33.1 Å². The lowest BCUT2D eigenvalue weighted by atomic mass is 9.71. The second kappa shape index (κ2) is 4.02. The summed E-state index contributed by atoms with van der Waals surface area (Å²) in [5, 5.41) is 9.79. The van der Waals surface area contributed by atoms with E-state index in [9.17, 15) is 9.90 Å². The second-order valence-electron chi connectivity index (χ2n) is 6.00. The van der Waals surface area contributed by atoms with Crippen molar-refractivity contribution in [3.05, 3.63) is 12.7 Å². The fraction of sp³-hybridized carbons (Fsp3) is 0.769. The maximum Gasteiger partial charge on any atom is 0.410 e. The minimum absolute atomic E-state index is 0.128. The van der Waals surface area contributed by atoms with Gasteiger partial charge in [0.1, 0.15) is 5.60 Å². The summed E-state index contributed by atoms with van der Waals surface area (Å²) >= 11 is 0. The highest BCUT2D eigenvalue weighted by Crippen LogP contribution is 2.48. The molecule has 2 unspecified atom stereocenters. The van der Waals surface area contributed by atoms with Crippen molar-refractivity contribution in [2.45, 2.75) is 44.9 Å². The Morgan fingerprint density at radius 1 is 1.59 bits per heavy atom. The SMILES string of the molecule is C=CC(O)C1[C@H]2C[C@@H]1N(C(=O)OC(C)(C)C)C2. The summed E-state index contributed by atoms with van der Waals surface area (Å²) in [6.07, 6.45) is 1.77. The van der Waals surface area contributed by atoms with Gasteiger partial charge in [0.2, 0.25) is 0 Å². The quantitative estimate of drug-likeness (QED) is 0.747. The molecule has 4 heteroatoms. The fourth-order valence-corrected chi connectivity index (χ4v) is 2.86. The van der Waals surface area contributed by atoms with Gasteiger partial charge in [0, 0.05) is 18.5 Å². The summed E-state index contributed by atoms with van der Waals surface area (Å²) in [4.78, 5) is 13.7. The number of aliphatic hydroxyl groups excluding tert-OH is 1. The average Bonchev–Trinajstić information content (AvgIpc) is 2.71. The molecule has 4 atom stereocenters. The molecular weight excluding hydrogens is 218 g/mol. The predicted molar refractivity (Wildman–Crippen MR) is 64.5 cm³/mol. The van der Waals surface area contributed by atoms with Crippen LogP contribution in [0.2, 0.25) is 0 Å². The molecule has 3 aliphatic rings. The van der Waals surface area contributed by atoms with E-state index in [0.717, 1.165) is 6.42 Å². The van der Waals surface area contributed by atoms with E-state index in [1.54, 1.807) is 11.0 Å². The van der Waals surface area contributed by atoms with Gasteiger partial charge in [-0.2, -0.15) is 0 Å². The first-order valence-corrected chi connectivity index (χ1v) is 6.13. The smallest absolute Gasteiger partial charge is 0.410 e. The van der Waals surface area contributed by atoms with Crippen molar-refractivity contribution < 1.29 is 14.6 Å². The predicted octanol–water partition coefficient (Wildman–Crippen LogP) is 1.79. The van der Waals surface area contributed by atoms with Crippen LogP contribution in [0.3, 0.4) is 0 Å². The average molecular weight is 239 g/mol. The van der Waals surface area contributed by atoms with Gasteiger partial charge in [-0.15, -0.1) is 6.58 Å². The van der Waals surface area contributed by atoms with E-state index in [-0.39, 0.29) is 18.1 Å². The van der Waals surface area contributed by atoms with Crippen molar-refractivity contribution in [3.63, 3.8) is 0 Å². The molecule has 2 saturated heterocycles.